The molecule has 7 nitrogen and oxygen atoms in total. The normalized spacial score (nSPS) is 21.6. The Labute approximate surface area is 160 Å². The Morgan fingerprint density at radius 1 is 1.19 bits per heavy atom. The van der Waals surface area contributed by atoms with Gasteiger partial charge in [-0.1, -0.05) is 6.92 Å². The lowest BCUT2D eigenvalue weighted by Gasteiger charge is -2.31. The molecule has 0 aliphatic carbocycles. The molecule has 0 saturated carbocycles. The first-order valence-electron chi connectivity index (χ1n) is 10.2. The average molecular weight is 371 g/mol. The van der Waals surface area contributed by atoms with Crippen LogP contribution in [0, 0.1) is 0 Å². The van der Waals surface area contributed by atoms with E-state index in [1.807, 2.05) is 18.6 Å². The van der Waals surface area contributed by atoms with E-state index < -0.39 is 0 Å². The summed E-state index contributed by atoms with van der Waals surface area (Å²) in [6.07, 6.45) is 11.9. The summed E-state index contributed by atoms with van der Waals surface area (Å²) in [7, 11) is 0. The van der Waals surface area contributed by atoms with Gasteiger partial charge in [-0.2, -0.15) is 5.10 Å². The summed E-state index contributed by atoms with van der Waals surface area (Å²) in [4.78, 5) is 11.4. The number of ether oxygens (including phenoxy) is 1. The van der Waals surface area contributed by atoms with E-state index in [0.717, 1.165) is 52.0 Å². The van der Waals surface area contributed by atoms with Crippen LogP contribution in [0.3, 0.4) is 0 Å². The second-order valence-electron chi connectivity index (χ2n) is 7.64. The van der Waals surface area contributed by atoms with Crippen LogP contribution in [0.15, 0.2) is 18.6 Å². The molecule has 2 fully saturated rings. The summed E-state index contributed by atoms with van der Waals surface area (Å²) in [5, 5.41) is 10.7. The van der Waals surface area contributed by atoms with Crippen molar-refractivity contribution in [1.82, 2.24) is 25.1 Å². The van der Waals surface area contributed by atoms with Crippen LogP contribution in [0.2, 0.25) is 0 Å². The Morgan fingerprint density at radius 3 is 2.70 bits per heavy atom. The molecule has 146 valence electrons. The van der Waals surface area contributed by atoms with E-state index in [2.05, 4.69) is 37.3 Å². The van der Waals surface area contributed by atoms with E-state index in [-0.39, 0.29) is 0 Å². The fourth-order valence-electron chi connectivity index (χ4n) is 4.13. The van der Waals surface area contributed by atoms with Crippen molar-refractivity contribution in [1.29, 1.82) is 0 Å². The van der Waals surface area contributed by atoms with Gasteiger partial charge in [0.15, 0.2) is 0 Å². The average Bonchev–Trinajstić information content (AvgIpc) is 3.40. The Kier molecular flexibility index (Phi) is 5.99. The molecule has 2 aromatic heterocycles. The van der Waals surface area contributed by atoms with Crippen LogP contribution in [-0.4, -0.2) is 57.4 Å². The number of aryl methyl sites for hydroxylation is 1. The highest BCUT2D eigenvalue weighted by atomic mass is 16.5. The third kappa shape index (κ3) is 4.65. The van der Waals surface area contributed by atoms with Crippen molar-refractivity contribution in [2.75, 3.05) is 31.6 Å². The predicted octanol–water partition coefficient (Wildman–Crippen LogP) is 2.73. The molecule has 0 amide bonds. The number of rotatable bonds is 7. The molecule has 2 aromatic rings. The maximum Gasteiger partial charge on any atom is 0.222 e. The number of hydrogen-bond acceptors (Lipinski definition) is 6. The molecule has 2 aliphatic rings. The number of H-pyrrole nitrogens is 1. The van der Waals surface area contributed by atoms with Gasteiger partial charge in [-0.05, 0) is 50.8 Å². The largest absolute Gasteiger partial charge is 0.376 e. The molecule has 2 saturated heterocycles. The topological polar surface area (TPSA) is 79.0 Å². The van der Waals surface area contributed by atoms with Crippen LogP contribution >= 0.6 is 0 Å². The van der Waals surface area contributed by atoms with Crippen molar-refractivity contribution >= 4 is 5.95 Å². The number of hydrogen-bond donors (Lipinski definition) is 2. The summed E-state index contributed by atoms with van der Waals surface area (Å²) in [5.41, 5.74) is 3.89. The van der Waals surface area contributed by atoms with Crippen molar-refractivity contribution in [3.05, 3.63) is 35.4 Å². The third-order valence-corrected chi connectivity index (χ3v) is 5.75. The first-order chi connectivity index (χ1) is 13.3. The zero-order valence-electron chi connectivity index (χ0n) is 16.2. The number of nitrogens with zero attached hydrogens (tertiary/aromatic N) is 4. The summed E-state index contributed by atoms with van der Waals surface area (Å²) < 4.78 is 5.62. The zero-order valence-corrected chi connectivity index (χ0v) is 16.2. The molecule has 0 aromatic carbocycles. The van der Waals surface area contributed by atoms with Crippen LogP contribution in [0.4, 0.5) is 5.95 Å². The van der Waals surface area contributed by atoms with Crippen molar-refractivity contribution in [2.45, 2.75) is 57.6 Å². The first-order valence-corrected chi connectivity index (χ1v) is 10.2. The van der Waals surface area contributed by atoms with Gasteiger partial charge in [0.25, 0.3) is 0 Å². The van der Waals surface area contributed by atoms with Crippen LogP contribution in [0.25, 0.3) is 0 Å². The molecular weight excluding hydrogens is 340 g/mol. The Bertz CT molecular complexity index is 702. The minimum Gasteiger partial charge on any atom is -0.376 e. The second-order valence-corrected chi connectivity index (χ2v) is 7.64. The first kappa shape index (κ1) is 18.4. The number of nitrogens with one attached hydrogen (secondary N) is 2. The van der Waals surface area contributed by atoms with E-state index in [1.54, 1.807) is 0 Å². The van der Waals surface area contributed by atoms with Gasteiger partial charge in [0.2, 0.25) is 5.95 Å². The molecule has 0 radical (unpaired) electrons. The lowest BCUT2D eigenvalue weighted by Crippen LogP contribution is -2.32. The van der Waals surface area contributed by atoms with Crippen molar-refractivity contribution in [3.8, 4) is 0 Å². The highest BCUT2D eigenvalue weighted by Gasteiger charge is 2.23. The van der Waals surface area contributed by atoms with E-state index >= 15 is 0 Å². The maximum absolute atomic E-state index is 5.62. The molecular formula is C20H30N6O. The standard InChI is InChI=1S/C20H30N6O/c1-2-16-12-24-25-19(16)17-5-7-26(8-6-17)14-15-10-21-20(22-11-15)23-13-18-4-3-9-27-18/h10-12,17-18H,2-9,13-14H2,1H3,(H,24,25)(H,21,22,23)/t18-/m1/s1. The number of likely N-dealkylation sites (tertiary alicyclic amines) is 1. The molecule has 1 atom stereocenters. The van der Waals surface area contributed by atoms with Gasteiger partial charge < -0.3 is 10.1 Å². The minimum absolute atomic E-state index is 0.303. The molecule has 0 bridgehead atoms. The monoisotopic (exact) mass is 370 g/mol. The SMILES string of the molecule is CCc1cn[nH]c1C1CCN(Cc2cnc(NC[C@H]3CCCO3)nc2)CC1. The lowest BCUT2D eigenvalue weighted by molar-refractivity contribution is 0.120. The quantitative estimate of drug-likeness (QED) is 0.780. The predicted molar refractivity (Wildman–Crippen MR) is 105 cm³/mol. The van der Waals surface area contributed by atoms with Crippen molar-refractivity contribution < 1.29 is 4.74 Å². The van der Waals surface area contributed by atoms with E-state index in [0.29, 0.717) is 18.0 Å². The minimum atomic E-state index is 0.303. The Balaban J connectivity index is 1.24. The second kappa shape index (κ2) is 8.80. The highest BCUT2D eigenvalue weighted by molar-refractivity contribution is 5.25. The molecule has 0 spiro atoms. The molecule has 2 aliphatic heterocycles. The summed E-state index contributed by atoms with van der Waals surface area (Å²) >= 11 is 0. The van der Waals surface area contributed by atoms with Crippen LogP contribution in [-0.2, 0) is 17.7 Å². The van der Waals surface area contributed by atoms with Crippen molar-refractivity contribution in [2.24, 2.45) is 0 Å². The Morgan fingerprint density at radius 2 is 2.00 bits per heavy atom. The summed E-state index contributed by atoms with van der Waals surface area (Å²) in [5.74, 6) is 1.30. The lowest BCUT2D eigenvalue weighted by atomic mass is 9.91. The molecule has 4 heterocycles. The van der Waals surface area contributed by atoms with E-state index in [1.165, 1.54) is 29.7 Å². The van der Waals surface area contributed by atoms with Crippen LogP contribution in [0.5, 0.6) is 0 Å². The van der Waals surface area contributed by atoms with E-state index in [9.17, 15) is 0 Å². The zero-order chi connectivity index (χ0) is 18.5. The van der Waals surface area contributed by atoms with Gasteiger partial charge in [-0.15, -0.1) is 0 Å². The van der Waals surface area contributed by atoms with Gasteiger partial charge in [0.1, 0.15) is 0 Å². The Hall–Kier alpha value is -1.99. The van der Waals surface area contributed by atoms with Gasteiger partial charge >= 0.3 is 0 Å². The van der Waals surface area contributed by atoms with Crippen LogP contribution < -0.4 is 5.32 Å². The maximum atomic E-state index is 5.62. The number of aromatic amines is 1. The number of aromatic nitrogens is 4. The van der Waals surface area contributed by atoms with Gasteiger partial charge in [0.05, 0.1) is 12.3 Å². The molecule has 4 rings (SSSR count). The van der Waals surface area contributed by atoms with Gasteiger partial charge in [-0.25, -0.2) is 9.97 Å². The smallest absolute Gasteiger partial charge is 0.222 e. The summed E-state index contributed by atoms with van der Waals surface area (Å²) in [6, 6.07) is 0. The molecule has 0 unspecified atom stereocenters. The number of piperidine rings is 1. The highest BCUT2D eigenvalue weighted by Crippen LogP contribution is 2.29. The molecule has 27 heavy (non-hydrogen) atoms. The van der Waals surface area contributed by atoms with Gasteiger partial charge in [-0.3, -0.25) is 10.00 Å². The number of anilines is 1. The summed E-state index contributed by atoms with van der Waals surface area (Å²) in [6.45, 7) is 6.99. The fourth-order valence-corrected chi connectivity index (χ4v) is 4.13. The van der Waals surface area contributed by atoms with Gasteiger partial charge in [0, 0.05) is 49.3 Å². The molecule has 2 N–H and O–H groups in total. The van der Waals surface area contributed by atoms with Crippen molar-refractivity contribution in [3.63, 3.8) is 0 Å². The van der Waals surface area contributed by atoms with Crippen LogP contribution in [0.1, 0.15) is 55.3 Å². The molecule has 7 heteroatoms. The van der Waals surface area contributed by atoms with E-state index in [4.69, 9.17) is 4.74 Å². The fraction of sp³-hybridized carbons (Fsp3) is 0.650. The third-order valence-electron chi connectivity index (χ3n) is 5.75.